The highest BCUT2D eigenvalue weighted by molar-refractivity contribution is 7.98. The molecule has 1 heterocycles. The van der Waals surface area contributed by atoms with Crippen molar-refractivity contribution in [1.82, 2.24) is 9.59 Å². The Labute approximate surface area is 103 Å². The lowest BCUT2D eigenvalue weighted by atomic mass is 10.1. The Morgan fingerprint density at radius 1 is 1.31 bits per heavy atom. The summed E-state index contributed by atoms with van der Waals surface area (Å²) < 4.78 is 3.82. The van der Waals surface area contributed by atoms with Gasteiger partial charge in [0.05, 0.1) is 6.20 Å². The van der Waals surface area contributed by atoms with Crippen molar-refractivity contribution in [3.63, 3.8) is 0 Å². The quantitative estimate of drug-likeness (QED) is 0.845. The molecule has 84 valence electrons. The predicted octanol–water partition coefficient (Wildman–Crippen LogP) is 3.43. The molecule has 1 unspecified atom stereocenters. The lowest BCUT2D eigenvalue weighted by Gasteiger charge is -2.13. The van der Waals surface area contributed by atoms with Crippen molar-refractivity contribution < 1.29 is 0 Å². The number of rotatable bonds is 4. The largest absolute Gasteiger partial charge is 0.368 e. The van der Waals surface area contributed by atoms with Gasteiger partial charge in [-0.05, 0) is 30.9 Å². The third kappa shape index (κ3) is 2.74. The molecule has 0 bridgehead atoms. The first-order valence-corrected chi connectivity index (χ1v) is 6.97. The van der Waals surface area contributed by atoms with E-state index in [9.17, 15) is 0 Å². The van der Waals surface area contributed by atoms with Crippen LogP contribution >= 0.6 is 23.3 Å². The van der Waals surface area contributed by atoms with Crippen LogP contribution in [0, 0.1) is 0 Å². The molecule has 1 atom stereocenters. The van der Waals surface area contributed by atoms with E-state index in [0.29, 0.717) is 0 Å². The third-order valence-corrected chi connectivity index (χ3v) is 3.68. The lowest BCUT2D eigenvalue weighted by Crippen LogP contribution is -2.04. The summed E-state index contributed by atoms with van der Waals surface area (Å²) in [6, 6.07) is 8.86. The molecule has 2 rings (SSSR count). The molecule has 0 amide bonds. The molecule has 1 aromatic carbocycles. The molecule has 3 nitrogen and oxygen atoms in total. The fraction of sp³-hybridized carbons (Fsp3) is 0.273. The fourth-order valence-electron chi connectivity index (χ4n) is 1.42. The van der Waals surface area contributed by atoms with E-state index in [1.807, 2.05) is 0 Å². The molecule has 0 aliphatic rings. The standard InChI is InChI=1S/C11H13N3S2/c1-8(13-11-7-12-14-16-11)9-3-5-10(15-2)6-4-9/h3-8,13H,1-2H3. The van der Waals surface area contributed by atoms with Crippen LogP contribution in [-0.2, 0) is 0 Å². The van der Waals surface area contributed by atoms with Crippen molar-refractivity contribution in [1.29, 1.82) is 0 Å². The molecule has 0 radical (unpaired) electrons. The number of aromatic nitrogens is 2. The molecule has 0 aliphatic heterocycles. The molecule has 2 aromatic rings. The van der Waals surface area contributed by atoms with Gasteiger partial charge in [-0.2, -0.15) is 0 Å². The molecule has 5 heteroatoms. The van der Waals surface area contributed by atoms with E-state index in [4.69, 9.17) is 0 Å². The third-order valence-electron chi connectivity index (χ3n) is 2.34. The van der Waals surface area contributed by atoms with Crippen LogP contribution in [0.25, 0.3) is 0 Å². The molecule has 0 spiro atoms. The van der Waals surface area contributed by atoms with Crippen LogP contribution in [0.5, 0.6) is 0 Å². The Bertz CT molecular complexity index is 425. The first-order valence-electron chi connectivity index (χ1n) is 4.97. The molecular formula is C11H13N3S2. The van der Waals surface area contributed by atoms with Crippen LogP contribution in [0.3, 0.4) is 0 Å². The average molecular weight is 251 g/mol. The van der Waals surface area contributed by atoms with Gasteiger partial charge < -0.3 is 5.32 Å². The van der Waals surface area contributed by atoms with E-state index in [1.54, 1.807) is 18.0 Å². The molecule has 16 heavy (non-hydrogen) atoms. The number of nitrogens with zero attached hydrogens (tertiary/aromatic N) is 2. The van der Waals surface area contributed by atoms with E-state index >= 15 is 0 Å². The molecule has 0 aliphatic carbocycles. The number of anilines is 1. The second-order valence-electron chi connectivity index (χ2n) is 3.42. The van der Waals surface area contributed by atoms with Crippen molar-refractivity contribution in [2.24, 2.45) is 0 Å². The fourth-order valence-corrected chi connectivity index (χ4v) is 2.33. The van der Waals surface area contributed by atoms with Gasteiger partial charge in [0.2, 0.25) is 0 Å². The topological polar surface area (TPSA) is 37.8 Å². The maximum atomic E-state index is 3.82. The first-order chi connectivity index (χ1) is 7.79. The molecule has 1 N–H and O–H groups in total. The van der Waals surface area contributed by atoms with Gasteiger partial charge in [-0.15, -0.1) is 16.9 Å². The smallest absolute Gasteiger partial charge is 0.130 e. The van der Waals surface area contributed by atoms with Crippen molar-refractivity contribution in [3.8, 4) is 0 Å². The van der Waals surface area contributed by atoms with Gasteiger partial charge in [0.15, 0.2) is 0 Å². The number of thioether (sulfide) groups is 1. The molecule has 1 aromatic heterocycles. The predicted molar refractivity (Wildman–Crippen MR) is 70.2 cm³/mol. The Balaban J connectivity index is 2.05. The van der Waals surface area contributed by atoms with E-state index in [2.05, 4.69) is 52.3 Å². The van der Waals surface area contributed by atoms with Gasteiger partial charge in [-0.25, -0.2) is 0 Å². The Morgan fingerprint density at radius 3 is 2.62 bits per heavy atom. The monoisotopic (exact) mass is 251 g/mol. The zero-order valence-electron chi connectivity index (χ0n) is 9.18. The zero-order valence-corrected chi connectivity index (χ0v) is 10.8. The summed E-state index contributed by atoms with van der Waals surface area (Å²) in [5.74, 6) is 0. The van der Waals surface area contributed by atoms with Gasteiger partial charge in [-0.3, -0.25) is 0 Å². The minimum absolute atomic E-state index is 0.276. The Morgan fingerprint density at radius 2 is 2.06 bits per heavy atom. The van der Waals surface area contributed by atoms with Crippen LogP contribution in [0.2, 0.25) is 0 Å². The van der Waals surface area contributed by atoms with Gasteiger partial charge >= 0.3 is 0 Å². The van der Waals surface area contributed by atoms with Crippen molar-refractivity contribution in [2.45, 2.75) is 17.9 Å². The summed E-state index contributed by atoms with van der Waals surface area (Å²) in [5, 5.41) is 8.16. The van der Waals surface area contributed by atoms with E-state index in [-0.39, 0.29) is 6.04 Å². The summed E-state index contributed by atoms with van der Waals surface area (Å²) in [6.07, 6.45) is 3.83. The number of hydrogen-bond donors (Lipinski definition) is 1. The number of nitrogens with one attached hydrogen (secondary N) is 1. The van der Waals surface area contributed by atoms with Gasteiger partial charge in [-0.1, -0.05) is 16.6 Å². The van der Waals surface area contributed by atoms with E-state index in [1.165, 1.54) is 22.0 Å². The first kappa shape index (κ1) is 11.4. The van der Waals surface area contributed by atoms with Crippen LogP contribution in [0.15, 0.2) is 35.4 Å². The van der Waals surface area contributed by atoms with E-state index in [0.717, 1.165) is 5.00 Å². The number of hydrogen-bond acceptors (Lipinski definition) is 5. The van der Waals surface area contributed by atoms with E-state index < -0.39 is 0 Å². The zero-order chi connectivity index (χ0) is 11.4. The summed E-state index contributed by atoms with van der Waals surface area (Å²) >= 11 is 3.13. The molecule has 0 fully saturated rings. The van der Waals surface area contributed by atoms with Crippen LogP contribution in [0.4, 0.5) is 5.00 Å². The van der Waals surface area contributed by atoms with Crippen molar-refractivity contribution in [3.05, 3.63) is 36.0 Å². The second kappa shape index (κ2) is 5.32. The summed E-state index contributed by atoms with van der Waals surface area (Å²) in [5.41, 5.74) is 1.27. The van der Waals surface area contributed by atoms with Gasteiger partial charge in [0.1, 0.15) is 5.00 Å². The Kier molecular flexibility index (Phi) is 3.79. The van der Waals surface area contributed by atoms with Crippen LogP contribution in [0.1, 0.15) is 18.5 Å². The molecular weight excluding hydrogens is 238 g/mol. The lowest BCUT2D eigenvalue weighted by molar-refractivity contribution is 0.886. The summed E-state index contributed by atoms with van der Waals surface area (Å²) in [6.45, 7) is 2.13. The van der Waals surface area contributed by atoms with Crippen LogP contribution in [-0.4, -0.2) is 15.8 Å². The highest BCUT2D eigenvalue weighted by atomic mass is 32.2. The van der Waals surface area contributed by atoms with Crippen molar-refractivity contribution >= 4 is 28.3 Å². The number of benzene rings is 1. The second-order valence-corrected chi connectivity index (χ2v) is 5.09. The van der Waals surface area contributed by atoms with Gasteiger partial charge in [0, 0.05) is 22.5 Å². The highest BCUT2D eigenvalue weighted by Crippen LogP contribution is 2.22. The molecule has 0 saturated carbocycles. The normalized spacial score (nSPS) is 12.4. The average Bonchev–Trinajstić information content (AvgIpc) is 2.82. The maximum Gasteiger partial charge on any atom is 0.130 e. The maximum absolute atomic E-state index is 3.82. The van der Waals surface area contributed by atoms with Crippen LogP contribution < -0.4 is 5.32 Å². The minimum Gasteiger partial charge on any atom is -0.368 e. The van der Waals surface area contributed by atoms with Crippen molar-refractivity contribution in [2.75, 3.05) is 11.6 Å². The molecule has 0 saturated heterocycles. The minimum atomic E-state index is 0.276. The Hall–Kier alpha value is -1.07. The highest BCUT2D eigenvalue weighted by Gasteiger charge is 2.06. The SMILES string of the molecule is CSc1ccc(C(C)Nc2cnns2)cc1. The van der Waals surface area contributed by atoms with Gasteiger partial charge in [0.25, 0.3) is 0 Å². The summed E-state index contributed by atoms with van der Waals surface area (Å²) in [4.78, 5) is 1.29. The summed E-state index contributed by atoms with van der Waals surface area (Å²) in [7, 11) is 0.